The molecule has 1 aromatic heterocycles. The molecule has 11 heteroatoms. The first-order chi connectivity index (χ1) is 14.3. The van der Waals surface area contributed by atoms with Gasteiger partial charge in [-0.05, 0) is 18.2 Å². The minimum Gasteiger partial charge on any atom is -0.362 e. The zero-order valence-corrected chi connectivity index (χ0v) is 16.3. The molecule has 1 aliphatic rings. The number of fused-ring (bicyclic) bond motifs is 1. The van der Waals surface area contributed by atoms with Gasteiger partial charge in [0.05, 0.1) is 15.4 Å². The van der Waals surface area contributed by atoms with Crippen LogP contribution < -0.4 is 4.90 Å². The van der Waals surface area contributed by atoms with Crippen molar-refractivity contribution < 1.29 is 14.6 Å². The number of H-pyrrole nitrogens is 1. The van der Waals surface area contributed by atoms with E-state index < -0.39 is 9.85 Å². The van der Waals surface area contributed by atoms with Gasteiger partial charge in [-0.25, -0.2) is 0 Å². The van der Waals surface area contributed by atoms with Gasteiger partial charge in [0.25, 0.3) is 17.3 Å². The maximum Gasteiger partial charge on any atom is 0.294 e. The molecule has 0 spiro atoms. The number of carbonyl (C=O) groups is 1. The largest absolute Gasteiger partial charge is 0.362 e. The van der Waals surface area contributed by atoms with Crippen molar-refractivity contribution in [1.82, 2.24) is 9.88 Å². The molecule has 0 bridgehead atoms. The molecule has 1 saturated heterocycles. The maximum absolute atomic E-state index is 13.0. The Bertz CT molecular complexity index is 1170. The number of aromatic amines is 1. The second-order valence-corrected chi connectivity index (χ2v) is 7.30. The second kappa shape index (κ2) is 7.64. The molecular weight excluding hydrogens is 414 g/mol. The first-order valence-electron chi connectivity index (χ1n) is 9.09. The van der Waals surface area contributed by atoms with E-state index in [0.29, 0.717) is 48.3 Å². The van der Waals surface area contributed by atoms with Crippen molar-refractivity contribution in [2.45, 2.75) is 0 Å². The third-order valence-corrected chi connectivity index (χ3v) is 5.38. The standard InChI is InChI=1S/C19H16ClN5O5/c20-12-1-4-17(18(9-12)25(29)30)22-5-7-23(8-6-22)19(26)15-11-21-16-3-2-13(24(27)28)10-14(15)16/h1-4,9-11,21H,5-8H2. The Labute approximate surface area is 174 Å². The Morgan fingerprint density at radius 2 is 1.73 bits per heavy atom. The number of nitrogens with zero attached hydrogens (tertiary/aromatic N) is 4. The van der Waals surface area contributed by atoms with Crippen LogP contribution in [0.4, 0.5) is 17.1 Å². The van der Waals surface area contributed by atoms with Crippen molar-refractivity contribution >= 4 is 45.5 Å². The van der Waals surface area contributed by atoms with Crippen LogP contribution >= 0.6 is 11.6 Å². The van der Waals surface area contributed by atoms with Crippen LogP contribution in [0.15, 0.2) is 42.6 Å². The number of nitrogens with one attached hydrogen (secondary N) is 1. The van der Waals surface area contributed by atoms with Gasteiger partial charge in [-0.2, -0.15) is 0 Å². The topological polar surface area (TPSA) is 126 Å². The molecule has 1 aliphatic heterocycles. The lowest BCUT2D eigenvalue weighted by Gasteiger charge is -2.35. The summed E-state index contributed by atoms with van der Waals surface area (Å²) in [5.74, 6) is -0.244. The van der Waals surface area contributed by atoms with E-state index in [1.54, 1.807) is 29.3 Å². The number of carbonyl (C=O) groups excluding carboxylic acids is 1. The summed E-state index contributed by atoms with van der Waals surface area (Å²) in [6.07, 6.45) is 1.55. The average Bonchev–Trinajstić information content (AvgIpc) is 3.16. The third-order valence-electron chi connectivity index (χ3n) is 5.15. The fraction of sp³-hybridized carbons (Fsp3) is 0.211. The molecule has 4 rings (SSSR count). The van der Waals surface area contributed by atoms with Gasteiger partial charge < -0.3 is 14.8 Å². The highest BCUT2D eigenvalue weighted by atomic mass is 35.5. The zero-order chi connectivity index (χ0) is 21.4. The Kier molecular flexibility index (Phi) is 5.00. The van der Waals surface area contributed by atoms with E-state index in [1.807, 2.05) is 4.90 Å². The number of aromatic nitrogens is 1. The number of benzene rings is 2. The lowest BCUT2D eigenvalue weighted by Crippen LogP contribution is -2.48. The van der Waals surface area contributed by atoms with E-state index in [9.17, 15) is 25.0 Å². The minimum atomic E-state index is -0.501. The molecule has 3 aromatic rings. The number of piperazine rings is 1. The smallest absolute Gasteiger partial charge is 0.294 e. The molecule has 0 atom stereocenters. The van der Waals surface area contributed by atoms with E-state index in [1.165, 1.54) is 18.2 Å². The van der Waals surface area contributed by atoms with Crippen molar-refractivity contribution in [3.8, 4) is 0 Å². The van der Waals surface area contributed by atoms with E-state index in [2.05, 4.69) is 4.98 Å². The summed E-state index contributed by atoms with van der Waals surface area (Å²) in [5.41, 5.74) is 1.29. The second-order valence-electron chi connectivity index (χ2n) is 6.86. The minimum absolute atomic E-state index is 0.0776. The van der Waals surface area contributed by atoms with Crippen LogP contribution in [0.3, 0.4) is 0 Å². The van der Waals surface area contributed by atoms with Gasteiger partial charge >= 0.3 is 0 Å². The van der Waals surface area contributed by atoms with E-state index in [4.69, 9.17) is 11.6 Å². The first-order valence-corrected chi connectivity index (χ1v) is 9.46. The molecular formula is C19H16ClN5O5. The number of hydrogen-bond donors (Lipinski definition) is 1. The lowest BCUT2D eigenvalue weighted by atomic mass is 10.1. The van der Waals surface area contributed by atoms with Gasteiger partial charge in [0.2, 0.25) is 0 Å². The van der Waals surface area contributed by atoms with Crippen LogP contribution in [0.25, 0.3) is 10.9 Å². The fourth-order valence-electron chi connectivity index (χ4n) is 3.63. The van der Waals surface area contributed by atoms with Gasteiger partial charge in [-0.1, -0.05) is 11.6 Å². The van der Waals surface area contributed by atoms with Crippen LogP contribution in [0.5, 0.6) is 0 Å². The number of halogens is 1. The van der Waals surface area contributed by atoms with Crippen LogP contribution in [-0.4, -0.2) is 51.8 Å². The highest BCUT2D eigenvalue weighted by Gasteiger charge is 2.28. The number of anilines is 1. The monoisotopic (exact) mass is 429 g/mol. The number of non-ortho nitro benzene ring substituents is 1. The fourth-order valence-corrected chi connectivity index (χ4v) is 3.80. The molecule has 0 unspecified atom stereocenters. The van der Waals surface area contributed by atoms with Gasteiger partial charge in [-0.15, -0.1) is 0 Å². The van der Waals surface area contributed by atoms with Crippen LogP contribution in [-0.2, 0) is 0 Å². The van der Waals surface area contributed by atoms with E-state index >= 15 is 0 Å². The summed E-state index contributed by atoms with van der Waals surface area (Å²) in [6.45, 7) is 1.55. The maximum atomic E-state index is 13.0. The van der Waals surface area contributed by atoms with Crippen molar-refractivity contribution in [3.63, 3.8) is 0 Å². The Morgan fingerprint density at radius 1 is 1.00 bits per heavy atom. The highest BCUT2D eigenvalue weighted by molar-refractivity contribution is 6.30. The van der Waals surface area contributed by atoms with Gasteiger partial charge in [0.1, 0.15) is 5.69 Å². The van der Waals surface area contributed by atoms with Gasteiger partial charge in [0, 0.05) is 66.5 Å². The molecule has 1 N–H and O–H groups in total. The van der Waals surface area contributed by atoms with Crippen molar-refractivity contribution in [1.29, 1.82) is 0 Å². The van der Waals surface area contributed by atoms with Gasteiger partial charge in [-0.3, -0.25) is 25.0 Å². The van der Waals surface area contributed by atoms with Crippen LogP contribution in [0.1, 0.15) is 10.4 Å². The predicted octanol–water partition coefficient (Wildman–Crippen LogP) is 3.60. The molecule has 0 radical (unpaired) electrons. The normalized spacial score (nSPS) is 14.2. The van der Waals surface area contributed by atoms with Crippen LogP contribution in [0.2, 0.25) is 5.02 Å². The Balaban J connectivity index is 1.53. The Hall–Kier alpha value is -3.66. The molecule has 10 nitrogen and oxygen atoms in total. The van der Waals surface area contributed by atoms with Crippen molar-refractivity contribution in [2.24, 2.45) is 0 Å². The van der Waals surface area contributed by atoms with Crippen LogP contribution in [0, 0.1) is 20.2 Å². The van der Waals surface area contributed by atoms with Gasteiger partial charge in [0.15, 0.2) is 0 Å². The lowest BCUT2D eigenvalue weighted by molar-refractivity contribution is -0.384. The molecule has 1 fully saturated rings. The SMILES string of the molecule is O=C(c1c[nH]c2ccc([N+](=O)[O-])cc12)N1CCN(c2ccc(Cl)cc2[N+](=O)[O-])CC1. The number of amides is 1. The molecule has 2 heterocycles. The number of nitro groups is 2. The summed E-state index contributed by atoms with van der Waals surface area (Å²) in [5, 5.41) is 23.2. The van der Waals surface area contributed by atoms with E-state index in [-0.39, 0.29) is 22.3 Å². The zero-order valence-electron chi connectivity index (χ0n) is 15.6. The van der Waals surface area contributed by atoms with Crippen molar-refractivity contribution in [2.75, 3.05) is 31.1 Å². The number of hydrogen-bond acceptors (Lipinski definition) is 6. The molecule has 2 aromatic carbocycles. The summed E-state index contributed by atoms with van der Waals surface area (Å²) >= 11 is 5.88. The number of nitro benzene ring substituents is 2. The molecule has 30 heavy (non-hydrogen) atoms. The predicted molar refractivity (Wildman–Crippen MR) is 111 cm³/mol. The third kappa shape index (κ3) is 3.52. The summed E-state index contributed by atoms with van der Waals surface area (Å²) < 4.78 is 0. The highest BCUT2D eigenvalue weighted by Crippen LogP contribution is 2.32. The molecule has 1 amide bonds. The average molecular weight is 430 g/mol. The van der Waals surface area contributed by atoms with E-state index in [0.717, 1.165) is 0 Å². The summed E-state index contributed by atoms with van der Waals surface area (Å²) in [7, 11) is 0. The van der Waals surface area contributed by atoms with Crippen molar-refractivity contribution in [3.05, 3.63) is 73.4 Å². The summed E-state index contributed by atoms with van der Waals surface area (Å²) in [4.78, 5) is 40.9. The molecule has 154 valence electrons. The summed E-state index contributed by atoms with van der Waals surface area (Å²) in [6, 6.07) is 8.85. The number of rotatable bonds is 4. The Morgan fingerprint density at radius 3 is 2.40 bits per heavy atom. The molecule has 0 aliphatic carbocycles. The first kappa shape index (κ1) is 19.6. The molecule has 0 saturated carbocycles. The quantitative estimate of drug-likeness (QED) is 0.498.